The highest BCUT2D eigenvalue weighted by molar-refractivity contribution is 7.79. The zero-order chi connectivity index (χ0) is 21.9. The van der Waals surface area contributed by atoms with E-state index in [9.17, 15) is 4.79 Å². The summed E-state index contributed by atoms with van der Waals surface area (Å²) < 4.78 is 8.74. The van der Waals surface area contributed by atoms with Crippen LogP contribution in [0.2, 0.25) is 0 Å². The molecule has 0 amide bonds. The number of ether oxygens (including phenoxy) is 1. The highest BCUT2D eigenvalue weighted by Gasteiger charge is 2.18. The summed E-state index contributed by atoms with van der Waals surface area (Å²) in [6.45, 7) is 5.88. The first-order valence-corrected chi connectivity index (χ1v) is 10.4. The van der Waals surface area contributed by atoms with Crippen molar-refractivity contribution >= 4 is 53.7 Å². The Kier molecular flexibility index (Phi) is 9.43. The highest BCUT2D eigenvalue weighted by atomic mass is 32.1. The number of hydrogen-bond donors (Lipinski definition) is 3. The quantitative estimate of drug-likeness (QED) is 0.214. The second-order valence-electron chi connectivity index (χ2n) is 6.41. The number of carbonyl (C=O) groups excluding carboxylic acids is 1. The minimum absolute atomic E-state index is 0.277. The van der Waals surface area contributed by atoms with E-state index in [-0.39, 0.29) is 5.97 Å². The first kappa shape index (κ1) is 23.5. The van der Waals surface area contributed by atoms with Crippen molar-refractivity contribution in [1.82, 2.24) is 0 Å². The number of carbonyl (C=O) groups is 1. The number of benzene rings is 2. The molecular formula is C21H27N5O2S2. The topological polar surface area (TPSA) is 97.2 Å². The van der Waals surface area contributed by atoms with Gasteiger partial charge in [-0.3, -0.25) is 0 Å². The number of nitrogens with two attached hydrogens (primary N) is 2. The van der Waals surface area contributed by atoms with Gasteiger partial charge in [-0.05, 0) is 68.3 Å². The first-order chi connectivity index (χ1) is 14.5. The molecule has 0 bridgehead atoms. The van der Waals surface area contributed by atoms with Gasteiger partial charge in [0.25, 0.3) is 0 Å². The van der Waals surface area contributed by atoms with Crippen molar-refractivity contribution in [2.24, 2.45) is 15.9 Å². The number of nitrogens with zero attached hydrogens (tertiary/aromatic N) is 3. The number of hydrogen-bond acceptors (Lipinski definition) is 7. The summed E-state index contributed by atoms with van der Waals surface area (Å²) in [4.78, 5) is 16.4. The molecule has 0 radical (unpaired) electrons. The van der Waals surface area contributed by atoms with E-state index in [2.05, 4.69) is 57.1 Å². The zero-order valence-electron chi connectivity index (χ0n) is 16.9. The first-order valence-electron chi connectivity index (χ1n) is 9.54. The molecule has 2 aromatic rings. The summed E-state index contributed by atoms with van der Waals surface area (Å²) in [5.41, 5.74) is 15.1. The van der Waals surface area contributed by atoms with E-state index < -0.39 is 0 Å². The molecule has 0 saturated carbocycles. The van der Waals surface area contributed by atoms with Crippen molar-refractivity contribution in [3.63, 3.8) is 0 Å². The monoisotopic (exact) mass is 445 g/mol. The van der Waals surface area contributed by atoms with Gasteiger partial charge in [0.1, 0.15) is 5.84 Å². The van der Waals surface area contributed by atoms with E-state index in [1.54, 1.807) is 0 Å². The molecule has 1 fully saturated rings. The van der Waals surface area contributed by atoms with Gasteiger partial charge in [-0.15, -0.1) is 0 Å². The van der Waals surface area contributed by atoms with Gasteiger partial charge in [-0.1, -0.05) is 12.2 Å². The Labute approximate surface area is 188 Å². The molecule has 4 N–H and O–H groups in total. The Morgan fingerprint density at radius 3 is 1.80 bits per heavy atom. The minimum Gasteiger partial charge on any atom is -0.462 e. The molecule has 0 unspecified atom stereocenters. The Morgan fingerprint density at radius 1 is 1.03 bits per heavy atom. The smallest absolute Gasteiger partial charge is 0.338 e. The van der Waals surface area contributed by atoms with Crippen molar-refractivity contribution in [1.29, 1.82) is 0 Å². The standard InChI is InChI=1S/C20H24N4O2S.CH3NS/c1-2-26-20(25)16-5-9-18(10-6-16)24-13-11-23(12-14-24)17-7-3-15(4-8-17)19(21)22-27;2-1-3/h3-10,27H,2,11-14H2,1H3,(H2,21,22);1H,(H2,2,3). The van der Waals surface area contributed by atoms with Crippen LogP contribution in [-0.4, -0.2) is 50.1 Å². The summed E-state index contributed by atoms with van der Waals surface area (Å²) in [5.74, 6) is 0.141. The molecule has 1 saturated heterocycles. The average Bonchev–Trinajstić information content (AvgIpc) is 2.79. The maximum Gasteiger partial charge on any atom is 0.338 e. The van der Waals surface area contributed by atoms with Gasteiger partial charge in [0.2, 0.25) is 0 Å². The molecule has 7 nitrogen and oxygen atoms in total. The number of amidine groups is 1. The summed E-state index contributed by atoms with van der Waals surface area (Å²) in [6.07, 6.45) is 0. The maximum atomic E-state index is 11.8. The Balaban J connectivity index is 0.00000101. The summed E-state index contributed by atoms with van der Waals surface area (Å²) in [5, 5.41) is 0. The van der Waals surface area contributed by atoms with Crippen LogP contribution in [0.3, 0.4) is 0 Å². The van der Waals surface area contributed by atoms with Gasteiger partial charge in [0.05, 0.1) is 17.7 Å². The molecule has 1 aliphatic rings. The van der Waals surface area contributed by atoms with Crippen LogP contribution >= 0.6 is 25.0 Å². The van der Waals surface area contributed by atoms with Gasteiger partial charge in [-0.25, -0.2) is 9.19 Å². The fourth-order valence-corrected chi connectivity index (χ4v) is 3.26. The maximum absolute atomic E-state index is 11.8. The fourth-order valence-electron chi connectivity index (χ4n) is 3.15. The summed E-state index contributed by atoms with van der Waals surface area (Å²) >= 11 is 7.89. The molecule has 9 heteroatoms. The lowest BCUT2D eigenvalue weighted by atomic mass is 10.1. The number of esters is 1. The zero-order valence-corrected chi connectivity index (χ0v) is 18.6. The number of thiol groups is 1. The van der Waals surface area contributed by atoms with E-state index in [1.807, 2.05) is 43.3 Å². The van der Waals surface area contributed by atoms with Crippen LogP contribution in [0.1, 0.15) is 22.8 Å². The molecule has 30 heavy (non-hydrogen) atoms. The van der Waals surface area contributed by atoms with Gasteiger partial charge in [0.15, 0.2) is 0 Å². The Hall–Kier alpha value is -2.78. The number of piperazine rings is 1. The third-order valence-electron chi connectivity index (χ3n) is 4.66. The van der Waals surface area contributed by atoms with Gasteiger partial charge in [-0.2, -0.15) is 0 Å². The van der Waals surface area contributed by atoms with Crippen LogP contribution in [0.4, 0.5) is 11.4 Å². The van der Waals surface area contributed by atoms with Crippen LogP contribution in [0.5, 0.6) is 0 Å². The van der Waals surface area contributed by atoms with Gasteiger partial charge < -0.3 is 26.0 Å². The molecule has 1 aliphatic heterocycles. The third kappa shape index (κ3) is 6.36. The molecule has 0 spiro atoms. The normalized spacial score (nSPS) is 13.9. The van der Waals surface area contributed by atoms with Gasteiger partial charge in [0, 0.05) is 43.1 Å². The van der Waals surface area contributed by atoms with Crippen LogP contribution in [0.15, 0.2) is 52.9 Å². The molecule has 160 valence electrons. The number of thiocarbonyl (C=S) groups is 1. The van der Waals surface area contributed by atoms with Crippen LogP contribution < -0.4 is 21.3 Å². The molecule has 2 aromatic carbocycles. The van der Waals surface area contributed by atoms with E-state index in [1.165, 1.54) is 5.69 Å². The Morgan fingerprint density at radius 2 is 1.43 bits per heavy atom. The fraction of sp³-hybridized carbons (Fsp3) is 0.286. The van der Waals surface area contributed by atoms with E-state index >= 15 is 0 Å². The third-order valence-corrected chi connectivity index (χ3v) is 4.87. The van der Waals surface area contributed by atoms with E-state index in [4.69, 9.17) is 10.5 Å². The van der Waals surface area contributed by atoms with Crippen LogP contribution in [-0.2, 0) is 4.74 Å². The second-order valence-corrected chi connectivity index (χ2v) is 6.88. The predicted octanol–water partition coefficient (Wildman–Crippen LogP) is 2.64. The minimum atomic E-state index is -0.277. The van der Waals surface area contributed by atoms with Crippen molar-refractivity contribution in [3.05, 3.63) is 59.7 Å². The lowest BCUT2D eigenvalue weighted by Gasteiger charge is -2.37. The number of anilines is 2. The van der Waals surface area contributed by atoms with Crippen LogP contribution in [0.25, 0.3) is 0 Å². The second kappa shape index (κ2) is 12.0. The lowest BCUT2D eigenvalue weighted by molar-refractivity contribution is 0.0526. The van der Waals surface area contributed by atoms with E-state index in [0.717, 1.165) is 42.9 Å². The van der Waals surface area contributed by atoms with Crippen molar-refractivity contribution < 1.29 is 9.53 Å². The molecule has 0 atom stereocenters. The molecular weight excluding hydrogens is 418 g/mol. The summed E-state index contributed by atoms with van der Waals surface area (Å²) in [7, 11) is 0. The van der Waals surface area contributed by atoms with Crippen molar-refractivity contribution in [2.75, 3.05) is 42.6 Å². The SMILES string of the molecule is CCOC(=O)c1ccc(N2CCN(c3ccc(/C(N)=N/S)cc3)CC2)cc1.NC=S. The summed E-state index contributed by atoms with van der Waals surface area (Å²) in [6, 6.07) is 15.7. The molecule has 3 rings (SSSR count). The largest absolute Gasteiger partial charge is 0.462 e. The molecule has 1 heterocycles. The number of rotatable bonds is 5. The molecule has 0 aliphatic carbocycles. The van der Waals surface area contributed by atoms with Gasteiger partial charge >= 0.3 is 5.97 Å². The predicted molar refractivity (Wildman–Crippen MR) is 131 cm³/mol. The van der Waals surface area contributed by atoms with Crippen LogP contribution in [0, 0.1) is 0 Å². The lowest BCUT2D eigenvalue weighted by Crippen LogP contribution is -2.46. The van der Waals surface area contributed by atoms with Crippen molar-refractivity contribution in [2.45, 2.75) is 6.92 Å². The molecule has 0 aromatic heterocycles. The highest BCUT2D eigenvalue weighted by Crippen LogP contribution is 2.22. The Bertz CT molecular complexity index is 849. The van der Waals surface area contributed by atoms with E-state index in [0.29, 0.717) is 18.0 Å². The average molecular weight is 446 g/mol. The van der Waals surface area contributed by atoms with Crippen molar-refractivity contribution in [3.8, 4) is 0 Å².